The highest BCUT2D eigenvalue weighted by Gasteiger charge is 2.29. The van der Waals surface area contributed by atoms with Gasteiger partial charge in [0, 0.05) is 5.39 Å². The van der Waals surface area contributed by atoms with Crippen LogP contribution in [0, 0.1) is 0 Å². The molecule has 3 rings (SSSR count). The van der Waals surface area contributed by atoms with Crippen LogP contribution in [0.5, 0.6) is 0 Å². The number of hydrogen-bond donors (Lipinski definition) is 2. The Morgan fingerprint density at radius 2 is 1.27 bits per heavy atom. The summed E-state index contributed by atoms with van der Waals surface area (Å²) in [6.07, 6.45) is 0. The zero-order valence-corrected chi connectivity index (χ0v) is 12.6. The molecule has 0 atom stereocenters. The van der Waals surface area contributed by atoms with E-state index in [1.807, 2.05) is 0 Å². The fourth-order valence-electron chi connectivity index (χ4n) is 2.69. The highest BCUT2D eigenvalue weighted by atomic mass is 32.2. The molecule has 0 saturated heterocycles. The molecule has 0 unspecified atom stereocenters. The molecule has 3 aromatic carbocycles. The summed E-state index contributed by atoms with van der Waals surface area (Å²) in [5.41, 5.74) is 0. The first-order chi connectivity index (χ1) is 10.1. The molecule has 0 heterocycles. The minimum absolute atomic E-state index is 0.00984. The smallest absolute Gasteiger partial charge is 0.282 e. The maximum absolute atomic E-state index is 11.7. The fourth-order valence-corrected chi connectivity index (χ4v) is 4.90. The summed E-state index contributed by atoms with van der Waals surface area (Å²) in [6, 6.07) is 9.56. The first-order valence-electron chi connectivity index (χ1n) is 6.03. The van der Waals surface area contributed by atoms with Gasteiger partial charge in [0.1, 0.15) is 9.79 Å². The second-order valence-corrected chi connectivity index (χ2v) is 7.51. The van der Waals surface area contributed by atoms with Gasteiger partial charge in [-0.15, -0.1) is 0 Å². The Labute approximate surface area is 126 Å². The molecule has 114 valence electrons. The van der Waals surface area contributed by atoms with Gasteiger partial charge in [0.15, 0.2) is 0 Å². The molecule has 0 aromatic heterocycles. The highest BCUT2D eigenvalue weighted by molar-refractivity contribution is 7.89. The summed E-state index contributed by atoms with van der Waals surface area (Å²) in [6.45, 7) is 3.58. The molecule has 8 heteroatoms. The van der Waals surface area contributed by atoms with Crippen LogP contribution in [0.3, 0.4) is 0 Å². The summed E-state index contributed by atoms with van der Waals surface area (Å²) < 4.78 is 65.6. The van der Waals surface area contributed by atoms with Crippen LogP contribution in [-0.4, -0.2) is 25.9 Å². The third kappa shape index (κ3) is 2.08. The molecular formula is C14H10O6S2. The van der Waals surface area contributed by atoms with Crippen LogP contribution in [-0.2, 0) is 20.2 Å². The van der Waals surface area contributed by atoms with Crippen molar-refractivity contribution < 1.29 is 25.9 Å². The van der Waals surface area contributed by atoms with Gasteiger partial charge in [0.2, 0.25) is 0 Å². The summed E-state index contributed by atoms with van der Waals surface area (Å²) in [4.78, 5) is -1.76. The van der Waals surface area contributed by atoms with Gasteiger partial charge in [-0.3, -0.25) is 9.11 Å². The second kappa shape index (κ2) is 4.50. The van der Waals surface area contributed by atoms with Crippen molar-refractivity contribution in [3.63, 3.8) is 0 Å². The molecule has 0 spiro atoms. The van der Waals surface area contributed by atoms with Crippen LogP contribution in [0.2, 0.25) is 0 Å². The predicted octanol–water partition coefficient (Wildman–Crippen LogP) is 1.62. The molecule has 22 heavy (non-hydrogen) atoms. The second-order valence-electron chi connectivity index (χ2n) is 4.80. The van der Waals surface area contributed by atoms with Gasteiger partial charge in [-0.1, -0.05) is 43.0 Å². The van der Waals surface area contributed by atoms with Crippen LogP contribution in [0.4, 0.5) is 0 Å². The Bertz CT molecular complexity index is 1170. The normalized spacial score (nSPS) is 13.0. The molecule has 6 nitrogen and oxygen atoms in total. The average molecular weight is 338 g/mol. The van der Waals surface area contributed by atoms with Crippen molar-refractivity contribution in [2.75, 3.05) is 0 Å². The maximum atomic E-state index is 11.7. The van der Waals surface area contributed by atoms with Crippen molar-refractivity contribution in [1.29, 1.82) is 0 Å². The van der Waals surface area contributed by atoms with Gasteiger partial charge in [0.25, 0.3) is 20.2 Å². The van der Waals surface area contributed by atoms with Gasteiger partial charge in [-0.05, 0) is 21.4 Å². The van der Waals surface area contributed by atoms with Crippen molar-refractivity contribution in [2.45, 2.75) is 9.79 Å². The topological polar surface area (TPSA) is 109 Å². The maximum Gasteiger partial charge on any atom is 0.296 e. The Kier molecular flexibility index (Phi) is 3.05. The Morgan fingerprint density at radius 3 is 1.77 bits per heavy atom. The molecule has 0 radical (unpaired) electrons. The van der Waals surface area contributed by atoms with E-state index in [1.165, 1.54) is 12.1 Å². The van der Waals surface area contributed by atoms with Gasteiger partial charge < -0.3 is 0 Å². The molecule has 0 fully saturated rings. The Hall–Kier alpha value is -2.00. The van der Waals surface area contributed by atoms with Crippen molar-refractivity contribution in [1.82, 2.24) is 0 Å². The van der Waals surface area contributed by atoms with E-state index < -0.39 is 30.0 Å². The van der Waals surface area contributed by atoms with E-state index in [4.69, 9.17) is 0 Å². The minimum atomic E-state index is -4.91. The monoisotopic (exact) mass is 338 g/mol. The highest BCUT2D eigenvalue weighted by Crippen LogP contribution is 2.33. The standard InChI is InChI=1S/C14H10O6S2/c1-8-10-6-2-4-9-5-3-7-11(12(9)10)14(22(18,19)20)13(8)21(15,16)17/h2-7H,1H2,(H,15,16,17)(H,18,19,20). The quantitative estimate of drug-likeness (QED) is 0.687. The van der Waals surface area contributed by atoms with E-state index in [2.05, 4.69) is 6.58 Å². The summed E-state index contributed by atoms with van der Waals surface area (Å²) >= 11 is 0. The van der Waals surface area contributed by atoms with E-state index in [-0.39, 0.29) is 10.6 Å². The van der Waals surface area contributed by atoms with Crippen LogP contribution < -0.4 is 5.22 Å². The van der Waals surface area contributed by atoms with E-state index in [1.54, 1.807) is 24.3 Å². The molecule has 0 saturated carbocycles. The molecule has 0 aliphatic rings. The molecule has 3 aromatic rings. The number of rotatable bonds is 2. The van der Waals surface area contributed by atoms with Crippen LogP contribution in [0.1, 0.15) is 0 Å². The fraction of sp³-hybridized carbons (Fsp3) is 0. The first-order valence-corrected chi connectivity index (χ1v) is 8.91. The van der Waals surface area contributed by atoms with Gasteiger partial charge in [0.05, 0.1) is 0 Å². The number of benzene rings is 3. The molecule has 0 bridgehead atoms. The van der Waals surface area contributed by atoms with Crippen molar-refractivity contribution in [2.24, 2.45) is 0 Å². The third-order valence-electron chi connectivity index (χ3n) is 3.47. The molecule has 0 aliphatic carbocycles. The first kappa shape index (κ1) is 14.9. The summed E-state index contributed by atoms with van der Waals surface area (Å²) in [5, 5.41) is 1.32. The van der Waals surface area contributed by atoms with Gasteiger partial charge in [-0.25, -0.2) is 0 Å². The molecule has 2 N–H and O–H groups in total. The number of hydrogen-bond acceptors (Lipinski definition) is 4. The van der Waals surface area contributed by atoms with Crippen LogP contribution in [0.25, 0.3) is 28.1 Å². The van der Waals surface area contributed by atoms with Crippen molar-refractivity contribution >= 4 is 48.4 Å². The van der Waals surface area contributed by atoms with Crippen molar-refractivity contribution in [3.05, 3.63) is 41.6 Å². The van der Waals surface area contributed by atoms with Crippen LogP contribution >= 0.6 is 0 Å². The molecular weight excluding hydrogens is 328 g/mol. The SMILES string of the molecule is C=c1c(S(=O)(=O)O)c(S(=O)(=O)O)c2cccc3cccc1c32. The van der Waals surface area contributed by atoms with Gasteiger partial charge >= 0.3 is 0 Å². The van der Waals surface area contributed by atoms with Crippen LogP contribution in [0.15, 0.2) is 46.2 Å². The van der Waals surface area contributed by atoms with E-state index in [0.29, 0.717) is 16.2 Å². The zero-order valence-electron chi connectivity index (χ0n) is 11.0. The van der Waals surface area contributed by atoms with E-state index >= 15 is 0 Å². The lowest BCUT2D eigenvalue weighted by Crippen LogP contribution is -2.20. The lowest BCUT2D eigenvalue weighted by Gasteiger charge is -2.13. The predicted molar refractivity (Wildman–Crippen MR) is 81.8 cm³/mol. The Balaban J connectivity index is 2.85. The largest absolute Gasteiger partial charge is 0.296 e. The summed E-state index contributed by atoms with van der Waals surface area (Å²) in [5.74, 6) is 0. The lowest BCUT2D eigenvalue weighted by molar-refractivity contribution is 0.467. The van der Waals surface area contributed by atoms with E-state index in [9.17, 15) is 25.9 Å². The third-order valence-corrected chi connectivity index (χ3v) is 5.51. The molecule has 0 amide bonds. The lowest BCUT2D eigenvalue weighted by atomic mass is 9.99. The van der Waals surface area contributed by atoms with Gasteiger partial charge in [-0.2, -0.15) is 16.8 Å². The average Bonchev–Trinajstić information content (AvgIpc) is 2.39. The van der Waals surface area contributed by atoms with E-state index in [0.717, 1.165) is 0 Å². The zero-order chi connectivity index (χ0) is 16.3. The molecule has 0 aliphatic heterocycles. The summed E-state index contributed by atoms with van der Waals surface area (Å²) in [7, 11) is -9.81. The van der Waals surface area contributed by atoms with Crippen molar-refractivity contribution in [3.8, 4) is 0 Å². The minimum Gasteiger partial charge on any atom is -0.282 e. The Morgan fingerprint density at radius 1 is 0.773 bits per heavy atom.